The molecule has 0 saturated heterocycles. The van der Waals surface area contributed by atoms with Crippen LogP contribution in [0.2, 0.25) is 0 Å². The van der Waals surface area contributed by atoms with E-state index in [0.29, 0.717) is 5.75 Å². The summed E-state index contributed by atoms with van der Waals surface area (Å²) in [6.07, 6.45) is 1.61. The van der Waals surface area contributed by atoms with E-state index in [1.54, 1.807) is 6.08 Å². The summed E-state index contributed by atoms with van der Waals surface area (Å²) in [5, 5.41) is 10.0. The summed E-state index contributed by atoms with van der Waals surface area (Å²) in [5.74, 6) is 1.42. The first-order valence-corrected chi connectivity index (χ1v) is 5.61. The van der Waals surface area contributed by atoms with Crippen molar-refractivity contribution in [2.75, 3.05) is 6.79 Å². The van der Waals surface area contributed by atoms with Crippen LogP contribution in [0.25, 0.3) is 6.08 Å². The van der Waals surface area contributed by atoms with Crippen molar-refractivity contribution >= 4 is 6.08 Å². The van der Waals surface area contributed by atoms with Crippen molar-refractivity contribution in [2.24, 2.45) is 5.41 Å². The topological polar surface area (TPSA) is 38.7 Å². The number of aliphatic hydroxyl groups is 1. The maximum atomic E-state index is 10.0. The third kappa shape index (κ3) is 2.80. The highest BCUT2D eigenvalue weighted by Crippen LogP contribution is 2.33. The smallest absolute Gasteiger partial charge is 0.231 e. The summed E-state index contributed by atoms with van der Waals surface area (Å²) in [7, 11) is 0. The van der Waals surface area contributed by atoms with E-state index in [-0.39, 0.29) is 6.79 Å². The maximum Gasteiger partial charge on any atom is 0.231 e. The molecule has 1 unspecified atom stereocenters. The van der Waals surface area contributed by atoms with Crippen LogP contribution in [0.3, 0.4) is 0 Å². The molecule has 92 valence electrons. The minimum absolute atomic E-state index is 0.243. The molecule has 0 spiro atoms. The highest BCUT2D eigenvalue weighted by molar-refractivity contribution is 5.56. The molecule has 1 aliphatic rings. The van der Waals surface area contributed by atoms with Crippen LogP contribution >= 0.6 is 0 Å². The highest BCUT2D eigenvalue weighted by atomic mass is 16.7. The molecule has 3 nitrogen and oxygen atoms in total. The molecular weight excluding hydrogens is 216 g/mol. The Hall–Kier alpha value is -1.48. The lowest BCUT2D eigenvalue weighted by Gasteiger charge is -2.22. The summed E-state index contributed by atoms with van der Waals surface area (Å²) >= 11 is 0. The molecular formula is C14H18O3. The van der Waals surface area contributed by atoms with E-state index in [2.05, 4.69) is 0 Å². The Labute approximate surface area is 103 Å². The number of ether oxygens (including phenoxy) is 2. The lowest BCUT2D eigenvalue weighted by molar-refractivity contribution is 0.106. The zero-order valence-electron chi connectivity index (χ0n) is 11.4. The Kier molecular flexibility index (Phi) is 2.77. The fourth-order valence-electron chi connectivity index (χ4n) is 1.44. The number of fused-ring (bicyclic) bond motifs is 1. The minimum Gasteiger partial charge on any atom is -0.454 e. The summed E-state index contributed by atoms with van der Waals surface area (Å²) in [4.78, 5) is 0. The lowest BCUT2D eigenvalue weighted by atomic mass is 9.89. The van der Waals surface area contributed by atoms with Gasteiger partial charge in [-0.05, 0) is 23.1 Å². The second kappa shape index (κ2) is 4.41. The van der Waals surface area contributed by atoms with Crippen LogP contribution in [-0.4, -0.2) is 18.0 Å². The van der Waals surface area contributed by atoms with Crippen molar-refractivity contribution in [1.82, 2.24) is 0 Å². The van der Waals surface area contributed by atoms with E-state index >= 15 is 0 Å². The van der Waals surface area contributed by atoms with Crippen LogP contribution in [0.5, 0.6) is 11.5 Å². The van der Waals surface area contributed by atoms with Gasteiger partial charge in [0.25, 0.3) is 0 Å². The number of hydrogen-bond acceptors (Lipinski definition) is 3. The van der Waals surface area contributed by atoms with Crippen molar-refractivity contribution in [1.29, 1.82) is 0 Å². The standard InChI is InChI=1S/C14H18O3/c1-14(2,3)13(15)7-5-10-4-6-11-12(8-10)17-9-16-11/h4-8,13,15H,9H2,1-3H3/b7-5+/i13T. The van der Waals surface area contributed by atoms with Crippen LogP contribution in [-0.2, 0) is 0 Å². The molecule has 1 aromatic rings. The van der Waals surface area contributed by atoms with E-state index in [1.807, 2.05) is 39.0 Å². The second-order valence-corrected chi connectivity index (χ2v) is 5.08. The average molecular weight is 236 g/mol. The lowest BCUT2D eigenvalue weighted by Crippen LogP contribution is -2.23. The highest BCUT2D eigenvalue weighted by Gasteiger charge is 2.19. The van der Waals surface area contributed by atoms with Gasteiger partial charge in [0.15, 0.2) is 11.5 Å². The fraction of sp³-hybridized carbons (Fsp3) is 0.429. The zero-order chi connectivity index (χ0) is 13.4. The Morgan fingerprint density at radius 3 is 2.76 bits per heavy atom. The maximum absolute atomic E-state index is 10.0. The van der Waals surface area contributed by atoms with E-state index in [4.69, 9.17) is 10.8 Å². The van der Waals surface area contributed by atoms with Crippen molar-refractivity contribution < 1.29 is 16.0 Å². The second-order valence-electron chi connectivity index (χ2n) is 5.08. The SMILES string of the molecule is [3H]C(O)(/C=C/c1ccc2c(c1)OCO2)C(C)(C)C. The van der Waals surface area contributed by atoms with Crippen LogP contribution in [0.1, 0.15) is 27.7 Å². The number of rotatable bonds is 2. The third-order valence-corrected chi connectivity index (χ3v) is 2.60. The van der Waals surface area contributed by atoms with Gasteiger partial charge >= 0.3 is 0 Å². The predicted octanol–water partition coefficient (Wildman–Crippen LogP) is 2.84. The number of hydrogen-bond donors (Lipinski definition) is 1. The average Bonchev–Trinajstić information content (AvgIpc) is 2.71. The van der Waals surface area contributed by atoms with Gasteiger partial charge in [0, 0.05) is 0 Å². The van der Waals surface area contributed by atoms with Gasteiger partial charge in [-0.15, -0.1) is 0 Å². The number of benzene rings is 1. The fourth-order valence-corrected chi connectivity index (χ4v) is 1.44. The normalized spacial score (nSPS) is 19.2. The van der Waals surface area contributed by atoms with Gasteiger partial charge in [0.1, 0.15) is 0 Å². The molecule has 17 heavy (non-hydrogen) atoms. The Morgan fingerprint density at radius 1 is 1.35 bits per heavy atom. The van der Waals surface area contributed by atoms with E-state index in [1.165, 1.54) is 6.08 Å². The third-order valence-electron chi connectivity index (χ3n) is 2.60. The molecule has 0 saturated carbocycles. The van der Waals surface area contributed by atoms with Gasteiger partial charge in [-0.25, -0.2) is 0 Å². The molecule has 0 aliphatic carbocycles. The molecule has 1 atom stereocenters. The van der Waals surface area contributed by atoms with Gasteiger partial charge in [-0.2, -0.15) is 0 Å². The molecule has 0 fully saturated rings. The van der Waals surface area contributed by atoms with Crippen molar-refractivity contribution in [3.8, 4) is 11.5 Å². The first-order valence-electron chi connectivity index (χ1n) is 6.11. The van der Waals surface area contributed by atoms with Gasteiger partial charge < -0.3 is 14.6 Å². The predicted molar refractivity (Wildman–Crippen MR) is 67.1 cm³/mol. The zero-order valence-corrected chi connectivity index (χ0v) is 10.4. The van der Waals surface area contributed by atoms with Crippen molar-refractivity contribution in [3.05, 3.63) is 29.8 Å². The molecule has 1 N–H and O–H groups in total. The molecule has 0 bridgehead atoms. The van der Waals surface area contributed by atoms with Gasteiger partial charge in [-0.3, -0.25) is 0 Å². The van der Waals surface area contributed by atoms with Gasteiger partial charge in [0.05, 0.1) is 7.45 Å². The molecule has 0 amide bonds. The summed E-state index contributed by atoms with van der Waals surface area (Å²) < 4.78 is 18.4. The molecule has 2 rings (SSSR count). The summed E-state index contributed by atoms with van der Waals surface area (Å²) in [5.41, 5.74) is 0.328. The van der Waals surface area contributed by atoms with E-state index in [0.717, 1.165) is 11.3 Å². The molecule has 1 aromatic carbocycles. The summed E-state index contributed by atoms with van der Waals surface area (Å²) in [6, 6.07) is 5.52. The van der Waals surface area contributed by atoms with E-state index < -0.39 is 11.5 Å². The van der Waals surface area contributed by atoms with Gasteiger partial charge in [-0.1, -0.05) is 39.0 Å². The summed E-state index contributed by atoms with van der Waals surface area (Å²) in [6.45, 7) is 5.71. The monoisotopic (exact) mass is 236 g/mol. The van der Waals surface area contributed by atoms with Crippen molar-refractivity contribution in [3.63, 3.8) is 0 Å². The van der Waals surface area contributed by atoms with Gasteiger partial charge in [0.2, 0.25) is 6.79 Å². The van der Waals surface area contributed by atoms with Crippen LogP contribution in [0.4, 0.5) is 0 Å². The van der Waals surface area contributed by atoms with E-state index in [9.17, 15) is 5.11 Å². The van der Waals surface area contributed by atoms with Crippen LogP contribution < -0.4 is 9.47 Å². The molecule has 0 radical (unpaired) electrons. The van der Waals surface area contributed by atoms with Crippen LogP contribution in [0.15, 0.2) is 24.3 Å². The Morgan fingerprint density at radius 2 is 2.06 bits per heavy atom. The molecule has 0 aromatic heterocycles. The molecule has 1 heterocycles. The quantitative estimate of drug-likeness (QED) is 0.858. The van der Waals surface area contributed by atoms with Crippen LogP contribution in [0, 0.1) is 5.41 Å². The molecule has 3 heteroatoms. The van der Waals surface area contributed by atoms with Crippen molar-refractivity contribution in [2.45, 2.75) is 26.9 Å². The first kappa shape index (κ1) is 10.7. The molecule has 1 aliphatic heterocycles. The Bertz CT molecular complexity index is 472. The minimum atomic E-state index is -1.61. The largest absolute Gasteiger partial charge is 0.454 e. The Balaban J connectivity index is 2.19. The first-order chi connectivity index (χ1) is 8.29.